The van der Waals surface area contributed by atoms with Crippen molar-refractivity contribution in [3.63, 3.8) is 0 Å². The molecule has 1 heterocycles. The van der Waals surface area contributed by atoms with Gasteiger partial charge in [-0.2, -0.15) is 0 Å². The fourth-order valence-corrected chi connectivity index (χ4v) is 1.08. The average molecular weight is 198 g/mol. The first-order valence-electron chi connectivity index (χ1n) is 4.48. The van der Waals surface area contributed by atoms with Crippen molar-refractivity contribution in [1.29, 1.82) is 0 Å². The van der Waals surface area contributed by atoms with Crippen molar-refractivity contribution in [2.24, 2.45) is 0 Å². The van der Waals surface area contributed by atoms with Gasteiger partial charge in [0.1, 0.15) is 11.3 Å². The van der Waals surface area contributed by atoms with Gasteiger partial charge >= 0.3 is 0 Å². The number of aromatic nitrogens is 1. The van der Waals surface area contributed by atoms with Crippen molar-refractivity contribution in [1.82, 2.24) is 10.5 Å². The van der Waals surface area contributed by atoms with E-state index in [0.717, 1.165) is 0 Å². The topological polar surface area (TPSA) is 75.4 Å². The summed E-state index contributed by atoms with van der Waals surface area (Å²) in [5.74, 6) is 0.281. The zero-order valence-electron chi connectivity index (χ0n) is 8.28. The molecule has 0 bridgehead atoms. The molecule has 1 rings (SSSR count). The Balaban J connectivity index is 2.55. The predicted octanol–water partition coefficient (Wildman–Crippen LogP) is 0.484. The maximum atomic E-state index is 11.5. The van der Waals surface area contributed by atoms with E-state index in [2.05, 4.69) is 10.5 Å². The second-order valence-corrected chi connectivity index (χ2v) is 3.18. The largest absolute Gasteiger partial charge is 0.396 e. The zero-order chi connectivity index (χ0) is 10.6. The summed E-state index contributed by atoms with van der Waals surface area (Å²) in [5.41, 5.74) is 0.440. The lowest BCUT2D eigenvalue weighted by Gasteiger charge is -2.11. The molecule has 1 unspecified atom stereocenters. The third kappa shape index (κ3) is 2.56. The lowest BCUT2D eigenvalue weighted by Crippen LogP contribution is -2.33. The van der Waals surface area contributed by atoms with E-state index >= 15 is 0 Å². The van der Waals surface area contributed by atoms with E-state index in [1.807, 2.05) is 6.92 Å². The van der Waals surface area contributed by atoms with Crippen LogP contribution < -0.4 is 5.32 Å². The summed E-state index contributed by atoms with van der Waals surface area (Å²) < 4.78 is 4.77. The van der Waals surface area contributed by atoms with Crippen LogP contribution in [0.4, 0.5) is 0 Å². The predicted molar refractivity (Wildman–Crippen MR) is 49.9 cm³/mol. The summed E-state index contributed by atoms with van der Waals surface area (Å²) in [6.07, 6.45) is 1.92. The molecule has 1 aromatic heterocycles. The molecule has 14 heavy (non-hydrogen) atoms. The van der Waals surface area contributed by atoms with E-state index in [-0.39, 0.29) is 18.6 Å². The van der Waals surface area contributed by atoms with E-state index in [4.69, 9.17) is 9.63 Å². The maximum Gasteiger partial charge on any atom is 0.256 e. The van der Waals surface area contributed by atoms with Crippen LogP contribution in [-0.2, 0) is 0 Å². The molecule has 0 aliphatic heterocycles. The molecule has 0 radical (unpaired) electrons. The number of aliphatic hydroxyl groups is 1. The molecule has 78 valence electrons. The third-order valence-electron chi connectivity index (χ3n) is 1.93. The van der Waals surface area contributed by atoms with Crippen LogP contribution in [-0.4, -0.2) is 28.8 Å². The maximum absolute atomic E-state index is 11.5. The van der Waals surface area contributed by atoms with Gasteiger partial charge in [-0.25, -0.2) is 0 Å². The van der Waals surface area contributed by atoms with Crippen LogP contribution in [0.2, 0.25) is 0 Å². The van der Waals surface area contributed by atoms with Crippen molar-refractivity contribution in [3.05, 3.63) is 17.5 Å². The van der Waals surface area contributed by atoms with Gasteiger partial charge in [-0.1, -0.05) is 5.16 Å². The van der Waals surface area contributed by atoms with Crippen LogP contribution in [0.3, 0.4) is 0 Å². The van der Waals surface area contributed by atoms with Gasteiger partial charge in [0.2, 0.25) is 0 Å². The van der Waals surface area contributed by atoms with Gasteiger partial charge in [-0.15, -0.1) is 0 Å². The summed E-state index contributed by atoms with van der Waals surface area (Å²) in [6.45, 7) is 3.57. The minimum absolute atomic E-state index is 0.0539. The third-order valence-corrected chi connectivity index (χ3v) is 1.93. The summed E-state index contributed by atoms with van der Waals surface area (Å²) >= 11 is 0. The molecule has 0 fully saturated rings. The quantitative estimate of drug-likeness (QED) is 0.738. The molecule has 0 aromatic carbocycles. The van der Waals surface area contributed by atoms with E-state index in [1.165, 1.54) is 6.20 Å². The molecule has 0 aliphatic rings. The molecule has 1 amide bonds. The van der Waals surface area contributed by atoms with Crippen molar-refractivity contribution in [2.45, 2.75) is 26.3 Å². The lowest BCUT2D eigenvalue weighted by atomic mass is 10.2. The number of carbonyl (C=O) groups is 1. The van der Waals surface area contributed by atoms with Crippen molar-refractivity contribution in [3.8, 4) is 0 Å². The van der Waals surface area contributed by atoms with Gasteiger partial charge in [-0.05, 0) is 20.3 Å². The first kappa shape index (κ1) is 10.7. The van der Waals surface area contributed by atoms with E-state index in [1.54, 1.807) is 6.92 Å². The number of nitrogens with zero attached hydrogens (tertiary/aromatic N) is 1. The number of aliphatic hydroxyl groups excluding tert-OH is 1. The first-order chi connectivity index (χ1) is 6.65. The Morgan fingerprint density at radius 2 is 2.50 bits per heavy atom. The molecule has 0 saturated heterocycles. The van der Waals surface area contributed by atoms with Gasteiger partial charge in [-0.3, -0.25) is 4.79 Å². The Kier molecular flexibility index (Phi) is 3.64. The Morgan fingerprint density at radius 3 is 3.00 bits per heavy atom. The van der Waals surface area contributed by atoms with Gasteiger partial charge in [0.15, 0.2) is 0 Å². The number of hydrogen-bond donors (Lipinski definition) is 2. The first-order valence-corrected chi connectivity index (χ1v) is 4.48. The minimum atomic E-state index is -0.218. The van der Waals surface area contributed by atoms with Crippen LogP contribution in [0, 0.1) is 6.92 Å². The Hall–Kier alpha value is -1.36. The number of rotatable bonds is 4. The fraction of sp³-hybridized carbons (Fsp3) is 0.556. The number of amides is 1. The second kappa shape index (κ2) is 4.76. The number of nitrogens with one attached hydrogen (secondary N) is 1. The van der Waals surface area contributed by atoms with E-state index in [9.17, 15) is 4.79 Å². The molecule has 1 aromatic rings. The van der Waals surface area contributed by atoms with Crippen LogP contribution in [0.15, 0.2) is 10.7 Å². The molecule has 0 spiro atoms. The van der Waals surface area contributed by atoms with Crippen molar-refractivity contribution >= 4 is 5.91 Å². The van der Waals surface area contributed by atoms with Gasteiger partial charge in [0.25, 0.3) is 5.91 Å². The molecule has 0 aliphatic carbocycles. The normalized spacial score (nSPS) is 12.5. The highest BCUT2D eigenvalue weighted by Gasteiger charge is 2.14. The van der Waals surface area contributed by atoms with Crippen LogP contribution >= 0.6 is 0 Å². The fourth-order valence-electron chi connectivity index (χ4n) is 1.08. The molecular formula is C9H14N2O3. The molecule has 0 saturated carbocycles. The standard InChI is InChI=1S/C9H14N2O3/c1-6(3-4-12)11-9(13)8-5-10-14-7(8)2/h5-6,12H,3-4H2,1-2H3,(H,11,13). The Bertz CT molecular complexity index is 309. The minimum Gasteiger partial charge on any atom is -0.396 e. The highest BCUT2D eigenvalue weighted by atomic mass is 16.5. The highest BCUT2D eigenvalue weighted by molar-refractivity contribution is 5.94. The lowest BCUT2D eigenvalue weighted by molar-refractivity contribution is 0.0933. The SMILES string of the molecule is Cc1oncc1C(=O)NC(C)CCO. The average Bonchev–Trinajstić information content (AvgIpc) is 2.51. The smallest absolute Gasteiger partial charge is 0.256 e. The second-order valence-electron chi connectivity index (χ2n) is 3.18. The number of aryl methyl sites for hydroxylation is 1. The van der Waals surface area contributed by atoms with Gasteiger partial charge in [0, 0.05) is 12.6 Å². The zero-order valence-corrected chi connectivity index (χ0v) is 8.28. The van der Waals surface area contributed by atoms with Gasteiger partial charge < -0.3 is 14.9 Å². The monoisotopic (exact) mass is 198 g/mol. The van der Waals surface area contributed by atoms with E-state index < -0.39 is 0 Å². The Labute approximate surface area is 82.1 Å². The van der Waals surface area contributed by atoms with E-state index in [0.29, 0.717) is 17.7 Å². The molecule has 1 atom stereocenters. The van der Waals surface area contributed by atoms with Crippen LogP contribution in [0.25, 0.3) is 0 Å². The van der Waals surface area contributed by atoms with Gasteiger partial charge in [0.05, 0.1) is 6.20 Å². The number of hydrogen-bond acceptors (Lipinski definition) is 4. The Morgan fingerprint density at radius 1 is 1.79 bits per heavy atom. The molecular weight excluding hydrogens is 184 g/mol. The number of carbonyl (C=O) groups excluding carboxylic acids is 1. The van der Waals surface area contributed by atoms with Crippen LogP contribution in [0.5, 0.6) is 0 Å². The van der Waals surface area contributed by atoms with Crippen molar-refractivity contribution < 1.29 is 14.4 Å². The summed E-state index contributed by atoms with van der Waals surface area (Å²) in [4.78, 5) is 11.5. The van der Waals surface area contributed by atoms with Crippen molar-refractivity contribution in [2.75, 3.05) is 6.61 Å². The summed E-state index contributed by atoms with van der Waals surface area (Å²) in [7, 11) is 0. The molecule has 5 nitrogen and oxygen atoms in total. The highest BCUT2D eigenvalue weighted by Crippen LogP contribution is 2.05. The summed E-state index contributed by atoms with van der Waals surface area (Å²) in [6, 6.07) is -0.0539. The molecule has 5 heteroatoms. The molecule has 2 N–H and O–H groups in total. The van der Waals surface area contributed by atoms with Crippen LogP contribution in [0.1, 0.15) is 29.5 Å². The summed E-state index contributed by atoms with van der Waals surface area (Å²) in [5, 5.41) is 14.9.